The average molecular weight is 284 g/mol. The molecule has 2 rings (SSSR count). The van der Waals surface area contributed by atoms with Gasteiger partial charge in [0.15, 0.2) is 0 Å². The van der Waals surface area contributed by atoms with Crippen molar-refractivity contribution in [3.05, 3.63) is 22.8 Å². The van der Waals surface area contributed by atoms with Gasteiger partial charge in [-0.1, -0.05) is 11.6 Å². The highest BCUT2D eigenvalue weighted by molar-refractivity contribution is 6.35. The number of aromatic carboxylic acids is 1. The second kappa shape index (κ2) is 5.75. The number of halogens is 1. The quantitative estimate of drug-likeness (QED) is 0.919. The fraction of sp³-hybridized carbons (Fsp3) is 0.538. The van der Waals surface area contributed by atoms with E-state index in [1.54, 1.807) is 0 Å². The van der Waals surface area contributed by atoms with Crippen LogP contribution in [0.15, 0.2) is 12.3 Å². The minimum absolute atomic E-state index is 0.103. The number of aromatic nitrogens is 1. The van der Waals surface area contributed by atoms with Gasteiger partial charge >= 0.3 is 5.97 Å². The van der Waals surface area contributed by atoms with E-state index in [4.69, 9.17) is 16.7 Å². The molecule has 0 unspecified atom stereocenters. The number of carbonyl (C=O) groups is 1. The predicted molar refractivity (Wildman–Crippen MR) is 75.1 cm³/mol. The number of pyridine rings is 1. The van der Waals surface area contributed by atoms with Crippen LogP contribution in [0.3, 0.4) is 0 Å². The third-order valence-electron chi connectivity index (χ3n) is 3.67. The molecule has 1 fully saturated rings. The lowest BCUT2D eigenvalue weighted by Gasteiger charge is -2.36. The molecule has 1 aliphatic rings. The molecule has 0 radical (unpaired) electrons. The van der Waals surface area contributed by atoms with E-state index in [0.29, 0.717) is 11.9 Å². The molecule has 0 atom stereocenters. The lowest BCUT2D eigenvalue weighted by Crippen LogP contribution is -2.42. The van der Waals surface area contributed by atoms with Crippen LogP contribution in [0.25, 0.3) is 0 Å². The Hall–Kier alpha value is -1.33. The smallest absolute Gasteiger partial charge is 0.337 e. The number of piperidine rings is 1. The van der Waals surface area contributed by atoms with Gasteiger partial charge in [0.2, 0.25) is 0 Å². The Morgan fingerprint density at radius 2 is 2.16 bits per heavy atom. The number of anilines is 1. The largest absolute Gasteiger partial charge is 0.478 e. The van der Waals surface area contributed by atoms with Crippen molar-refractivity contribution < 1.29 is 9.90 Å². The van der Waals surface area contributed by atoms with Gasteiger partial charge < -0.3 is 14.9 Å². The third-order valence-corrected chi connectivity index (χ3v) is 4.04. The van der Waals surface area contributed by atoms with Crippen molar-refractivity contribution in [3.8, 4) is 0 Å². The SMILES string of the molecule is CN1CCC(N(C)c2nccc(C(=O)O)c2Cl)CC1. The van der Waals surface area contributed by atoms with Gasteiger partial charge in [0, 0.05) is 19.3 Å². The first-order valence-electron chi connectivity index (χ1n) is 6.30. The molecule has 0 spiro atoms. The Balaban J connectivity index is 2.21. The van der Waals surface area contributed by atoms with Gasteiger partial charge in [-0.3, -0.25) is 0 Å². The highest BCUT2D eigenvalue weighted by atomic mass is 35.5. The molecule has 104 valence electrons. The topological polar surface area (TPSA) is 56.7 Å². The first-order valence-corrected chi connectivity index (χ1v) is 6.67. The first kappa shape index (κ1) is 14.1. The molecule has 19 heavy (non-hydrogen) atoms. The van der Waals surface area contributed by atoms with Crippen LogP contribution < -0.4 is 4.90 Å². The molecule has 5 nitrogen and oxygen atoms in total. The minimum atomic E-state index is -1.02. The Morgan fingerprint density at radius 3 is 2.74 bits per heavy atom. The molecule has 1 aliphatic heterocycles. The van der Waals surface area contributed by atoms with Gasteiger partial charge in [0.1, 0.15) is 5.82 Å². The number of nitrogens with zero attached hydrogens (tertiary/aromatic N) is 3. The summed E-state index contributed by atoms with van der Waals surface area (Å²) in [5, 5.41) is 9.30. The molecule has 0 amide bonds. The van der Waals surface area contributed by atoms with Crippen LogP contribution in [-0.2, 0) is 0 Å². The Labute approximate surface area is 117 Å². The van der Waals surface area contributed by atoms with Crippen molar-refractivity contribution in [1.82, 2.24) is 9.88 Å². The maximum absolute atomic E-state index is 11.1. The molecule has 1 aromatic rings. The van der Waals surface area contributed by atoms with Crippen molar-refractivity contribution in [2.75, 3.05) is 32.1 Å². The van der Waals surface area contributed by atoms with E-state index < -0.39 is 5.97 Å². The average Bonchev–Trinajstić information content (AvgIpc) is 2.38. The van der Waals surface area contributed by atoms with Gasteiger partial charge in [0.05, 0.1) is 10.6 Å². The Bertz CT molecular complexity index is 473. The molecule has 1 N–H and O–H groups in total. The highest BCUT2D eigenvalue weighted by Gasteiger charge is 2.24. The van der Waals surface area contributed by atoms with E-state index in [2.05, 4.69) is 16.9 Å². The van der Waals surface area contributed by atoms with Crippen LogP contribution in [0.4, 0.5) is 5.82 Å². The van der Waals surface area contributed by atoms with Gasteiger partial charge in [-0.05, 0) is 39.0 Å². The maximum atomic E-state index is 11.1. The fourth-order valence-electron chi connectivity index (χ4n) is 2.40. The van der Waals surface area contributed by atoms with E-state index in [0.717, 1.165) is 25.9 Å². The van der Waals surface area contributed by atoms with Crippen molar-refractivity contribution in [3.63, 3.8) is 0 Å². The van der Waals surface area contributed by atoms with Crippen LogP contribution in [0, 0.1) is 0 Å². The first-order chi connectivity index (χ1) is 9.00. The summed E-state index contributed by atoms with van der Waals surface area (Å²) >= 11 is 6.15. The lowest BCUT2D eigenvalue weighted by molar-refractivity contribution is 0.0697. The fourth-order valence-corrected chi connectivity index (χ4v) is 2.72. The number of carboxylic acids is 1. The molecule has 1 saturated heterocycles. The monoisotopic (exact) mass is 283 g/mol. The molecule has 1 aromatic heterocycles. The number of hydrogen-bond donors (Lipinski definition) is 1. The van der Waals surface area contributed by atoms with Crippen molar-refractivity contribution in [1.29, 1.82) is 0 Å². The van der Waals surface area contributed by atoms with Gasteiger partial charge in [-0.25, -0.2) is 9.78 Å². The van der Waals surface area contributed by atoms with Gasteiger partial charge in [-0.15, -0.1) is 0 Å². The van der Waals surface area contributed by atoms with Crippen molar-refractivity contribution in [2.45, 2.75) is 18.9 Å². The second-order valence-corrected chi connectivity index (χ2v) is 5.32. The zero-order valence-corrected chi connectivity index (χ0v) is 11.9. The molecule has 0 aromatic carbocycles. The summed E-state index contributed by atoms with van der Waals surface area (Å²) in [5.41, 5.74) is 0.103. The lowest BCUT2D eigenvalue weighted by atomic mass is 10.0. The zero-order valence-electron chi connectivity index (χ0n) is 11.1. The molecule has 0 aliphatic carbocycles. The van der Waals surface area contributed by atoms with Crippen LogP contribution in [0.1, 0.15) is 23.2 Å². The van der Waals surface area contributed by atoms with Crippen LogP contribution in [0.5, 0.6) is 0 Å². The number of hydrogen-bond acceptors (Lipinski definition) is 4. The zero-order chi connectivity index (χ0) is 14.0. The van der Waals surface area contributed by atoms with Crippen LogP contribution in [0.2, 0.25) is 5.02 Å². The molecular formula is C13H18ClN3O2. The van der Waals surface area contributed by atoms with Crippen molar-refractivity contribution >= 4 is 23.4 Å². The summed E-state index contributed by atoms with van der Waals surface area (Å²) in [4.78, 5) is 19.6. The second-order valence-electron chi connectivity index (χ2n) is 4.95. The minimum Gasteiger partial charge on any atom is -0.478 e. The summed E-state index contributed by atoms with van der Waals surface area (Å²) in [6.45, 7) is 2.07. The van der Waals surface area contributed by atoms with E-state index >= 15 is 0 Å². The molecule has 6 heteroatoms. The number of carboxylic acid groups (broad SMARTS) is 1. The summed E-state index contributed by atoms with van der Waals surface area (Å²) < 4.78 is 0. The number of rotatable bonds is 3. The summed E-state index contributed by atoms with van der Waals surface area (Å²) in [7, 11) is 4.03. The standard InChI is InChI=1S/C13H18ClN3O2/c1-16-7-4-9(5-8-16)17(2)12-11(14)10(13(18)19)3-6-15-12/h3,6,9H,4-5,7-8H2,1-2H3,(H,18,19). The molecule has 0 saturated carbocycles. The van der Waals surface area contributed by atoms with E-state index in [9.17, 15) is 4.79 Å². The van der Waals surface area contributed by atoms with Crippen molar-refractivity contribution in [2.24, 2.45) is 0 Å². The highest BCUT2D eigenvalue weighted by Crippen LogP contribution is 2.29. The van der Waals surface area contributed by atoms with Gasteiger partial charge in [-0.2, -0.15) is 0 Å². The van der Waals surface area contributed by atoms with E-state index in [1.165, 1.54) is 12.3 Å². The molecular weight excluding hydrogens is 266 g/mol. The van der Waals surface area contributed by atoms with Crippen LogP contribution in [-0.4, -0.2) is 54.2 Å². The predicted octanol–water partition coefficient (Wildman–Crippen LogP) is 1.96. The Kier molecular flexibility index (Phi) is 4.27. The maximum Gasteiger partial charge on any atom is 0.337 e. The van der Waals surface area contributed by atoms with Gasteiger partial charge in [0.25, 0.3) is 0 Å². The summed E-state index contributed by atoms with van der Waals surface area (Å²) in [6, 6.07) is 1.78. The van der Waals surface area contributed by atoms with Crippen LogP contribution >= 0.6 is 11.6 Å². The summed E-state index contributed by atoms with van der Waals surface area (Å²) in [5.74, 6) is -0.471. The van der Waals surface area contributed by atoms with E-state index in [-0.39, 0.29) is 10.6 Å². The molecule has 2 heterocycles. The number of likely N-dealkylation sites (tertiary alicyclic amines) is 1. The summed E-state index contributed by atoms with van der Waals surface area (Å²) in [6.07, 6.45) is 3.56. The third kappa shape index (κ3) is 2.98. The normalized spacial score (nSPS) is 17.4. The Morgan fingerprint density at radius 1 is 1.53 bits per heavy atom. The molecule has 0 bridgehead atoms. The van der Waals surface area contributed by atoms with E-state index in [1.807, 2.05) is 11.9 Å².